The Morgan fingerprint density at radius 2 is 1.97 bits per heavy atom. The molecule has 6 nitrogen and oxygen atoms in total. The van der Waals surface area contributed by atoms with Crippen LogP contribution in [0, 0.1) is 13.8 Å². The number of fused-ring (bicyclic) bond motifs is 2. The van der Waals surface area contributed by atoms with Gasteiger partial charge in [-0.05, 0) is 51.5 Å². The fourth-order valence-corrected chi connectivity index (χ4v) is 5.37. The van der Waals surface area contributed by atoms with Gasteiger partial charge in [-0.1, -0.05) is 11.8 Å². The predicted octanol–water partition coefficient (Wildman–Crippen LogP) is 4.40. The number of benzene rings is 1. The second kappa shape index (κ2) is 7.84. The van der Waals surface area contributed by atoms with E-state index in [2.05, 4.69) is 0 Å². The molecule has 0 spiro atoms. The molecule has 152 valence electrons. The molecule has 0 fully saturated rings. The number of carbonyl (C=O) groups excluding carboxylic acids is 1. The third kappa shape index (κ3) is 3.67. The van der Waals surface area contributed by atoms with E-state index in [1.807, 2.05) is 27.7 Å². The van der Waals surface area contributed by atoms with Crippen molar-refractivity contribution in [3.8, 4) is 11.5 Å². The van der Waals surface area contributed by atoms with Crippen molar-refractivity contribution in [1.29, 1.82) is 0 Å². The number of aromatic nitrogens is 2. The molecule has 1 aliphatic rings. The van der Waals surface area contributed by atoms with E-state index in [1.54, 1.807) is 22.8 Å². The molecule has 0 bridgehead atoms. The molecule has 0 unspecified atom stereocenters. The van der Waals surface area contributed by atoms with Gasteiger partial charge in [0.15, 0.2) is 22.4 Å². The fraction of sp³-hybridized carbons (Fsp3) is 0.381. The van der Waals surface area contributed by atoms with Crippen molar-refractivity contribution in [2.24, 2.45) is 0 Å². The van der Waals surface area contributed by atoms with Crippen molar-refractivity contribution < 1.29 is 14.3 Å². The lowest BCUT2D eigenvalue weighted by atomic mass is 10.1. The lowest BCUT2D eigenvalue weighted by Gasteiger charge is -2.18. The monoisotopic (exact) mass is 430 g/mol. The summed E-state index contributed by atoms with van der Waals surface area (Å²) in [5, 5.41) is 1.26. The second-order valence-electron chi connectivity index (χ2n) is 7.20. The molecule has 3 aromatic rings. The van der Waals surface area contributed by atoms with Crippen molar-refractivity contribution in [2.45, 2.75) is 38.9 Å². The average Bonchev–Trinajstić information content (AvgIpc) is 2.99. The molecule has 3 heterocycles. The van der Waals surface area contributed by atoms with Crippen LogP contribution in [0.1, 0.15) is 40.7 Å². The second-order valence-corrected chi connectivity index (χ2v) is 9.34. The zero-order chi connectivity index (χ0) is 20.7. The van der Waals surface area contributed by atoms with E-state index in [9.17, 15) is 9.59 Å². The minimum absolute atomic E-state index is 0.0406. The fourth-order valence-electron chi connectivity index (χ4n) is 3.28. The van der Waals surface area contributed by atoms with E-state index < -0.39 is 0 Å². The minimum atomic E-state index is -0.0501. The Labute approximate surface area is 176 Å². The van der Waals surface area contributed by atoms with Gasteiger partial charge in [-0.25, -0.2) is 4.98 Å². The summed E-state index contributed by atoms with van der Waals surface area (Å²) < 4.78 is 12.8. The number of ketones is 1. The molecule has 0 N–H and O–H groups in total. The SMILES string of the molecule is Cc1sc2nc(SCC(=O)c3ccc4c(c3)OCCO4)n(C(C)C)c(=O)c2c1C. The minimum Gasteiger partial charge on any atom is -0.486 e. The third-order valence-electron chi connectivity index (χ3n) is 4.92. The molecular weight excluding hydrogens is 408 g/mol. The largest absolute Gasteiger partial charge is 0.486 e. The first-order chi connectivity index (χ1) is 13.9. The highest BCUT2D eigenvalue weighted by Gasteiger charge is 2.20. The van der Waals surface area contributed by atoms with Gasteiger partial charge in [-0.2, -0.15) is 0 Å². The summed E-state index contributed by atoms with van der Waals surface area (Å²) in [6.07, 6.45) is 0. The Kier molecular flexibility index (Phi) is 5.40. The zero-order valence-electron chi connectivity index (χ0n) is 16.8. The van der Waals surface area contributed by atoms with Gasteiger partial charge in [0.2, 0.25) is 0 Å². The van der Waals surface area contributed by atoms with E-state index in [1.165, 1.54) is 23.1 Å². The molecule has 1 aromatic carbocycles. The van der Waals surface area contributed by atoms with E-state index in [0.717, 1.165) is 15.3 Å². The van der Waals surface area contributed by atoms with Gasteiger partial charge < -0.3 is 9.47 Å². The van der Waals surface area contributed by atoms with Crippen molar-refractivity contribution in [2.75, 3.05) is 19.0 Å². The van der Waals surface area contributed by atoms with Crippen LogP contribution in [0.5, 0.6) is 11.5 Å². The molecular formula is C21H22N2O4S2. The number of hydrogen-bond donors (Lipinski definition) is 0. The van der Waals surface area contributed by atoms with Gasteiger partial charge in [0.1, 0.15) is 18.0 Å². The number of nitrogens with zero attached hydrogens (tertiary/aromatic N) is 2. The van der Waals surface area contributed by atoms with Crippen LogP contribution < -0.4 is 15.0 Å². The molecule has 0 aliphatic carbocycles. The molecule has 0 saturated carbocycles. The maximum Gasteiger partial charge on any atom is 0.263 e. The Morgan fingerprint density at radius 3 is 2.69 bits per heavy atom. The highest BCUT2D eigenvalue weighted by Crippen LogP contribution is 2.32. The number of ether oxygens (including phenoxy) is 2. The molecule has 1 aliphatic heterocycles. The first kappa shape index (κ1) is 20.0. The van der Waals surface area contributed by atoms with Crippen LogP contribution in [0.25, 0.3) is 10.2 Å². The van der Waals surface area contributed by atoms with E-state index in [-0.39, 0.29) is 23.1 Å². The van der Waals surface area contributed by atoms with Crippen LogP contribution in [0.4, 0.5) is 0 Å². The van der Waals surface area contributed by atoms with Gasteiger partial charge in [0, 0.05) is 16.5 Å². The number of thioether (sulfide) groups is 1. The summed E-state index contributed by atoms with van der Waals surface area (Å²) >= 11 is 2.82. The quantitative estimate of drug-likeness (QED) is 0.339. The maximum atomic E-state index is 13.1. The Morgan fingerprint density at radius 1 is 1.24 bits per heavy atom. The van der Waals surface area contributed by atoms with Crippen LogP contribution in [-0.2, 0) is 0 Å². The van der Waals surface area contributed by atoms with E-state index >= 15 is 0 Å². The Hall–Kier alpha value is -2.32. The third-order valence-corrected chi connectivity index (χ3v) is 6.97. The zero-order valence-corrected chi connectivity index (χ0v) is 18.4. The molecule has 0 atom stereocenters. The molecule has 8 heteroatoms. The van der Waals surface area contributed by atoms with Crippen molar-refractivity contribution >= 4 is 39.1 Å². The van der Waals surface area contributed by atoms with E-state index in [0.29, 0.717) is 40.8 Å². The van der Waals surface area contributed by atoms with Crippen molar-refractivity contribution in [3.63, 3.8) is 0 Å². The highest BCUT2D eigenvalue weighted by atomic mass is 32.2. The van der Waals surface area contributed by atoms with Crippen molar-refractivity contribution in [1.82, 2.24) is 9.55 Å². The maximum absolute atomic E-state index is 13.1. The Bertz CT molecular complexity index is 1160. The summed E-state index contributed by atoms with van der Waals surface area (Å²) in [6, 6.07) is 5.17. The highest BCUT2D eigenvalue weighted by molar-refractivity contribution is 7.99. The lowest BCUT2D eigenvalue weighted by molar-refractivity contribution is 0.102. The standard InChI is InChI=1S/C21H22N2O4S2/c1-11(2)23-20(25)18-12(3)13(4)29-19(18)22-21(23)28-10-15(24)14-5-6-16-17(9-14)27-8-7-26-16/h5-6,9,11H,7-8,10H2,1-4H3. The average molecular weight is 431 g/mol. The number of hydrogen-bond acceptors (Lipinski definition) is 7. The van der Waals surface area contributed by atoms with E-state index in [4.69, 9.17) is 14.5 Å². The van der Waals surface area contributed by atoms with Crippen molar-refractivity contribution in [3.05, 3.63) is 44.6 Å². The van der Waals surface area contributed by atoms with Gasteiger partial charge in [-0.3, -0.25) is 14.2 Å². The van der Waals surface area contributed by atoms with Gasteiger partial charge in [0.05, 0.1) is 11.1 Å². The smallest absolute Gasteiger partial charge is 0.263 e. The summed E-state index contributed by atoms with van der Waals surface area (Å²) in [7, 11) is 0. The predicted molar refractivity (Wildman–Crippen MR) is 116 cm³/mol. The van der Waals surface area contributed by atoms with Crippen LogP contribution in [0.15, 0.2) is 28.2 Å². The normalized spacial score (nSPS) is 13.3. The van der Waals surface area contributed by atoms with Crippen LogP contribution >= 0.6 is 23.1 Å². The van der Waals surface area contributed by atoms with Gasteiger partial charge in [0.25, 0.3) is 5.56 Å². The first-order valence-corrected chi connectivity index (χ1v) is 11.2. The lowest BCUT2D eigenvalue weighted by Crippen LogP contribution is -2.25. The number of aryl methyl sites for hydroxylation is 2. The first-order valence-electron chi connectivity index (χ1n) is 9.44. The Balaban J connectivity index is 1.63. The van der Waals surface area contributed by atoms with Crippen LogP contribution in [0.3, 0.4) is 0 Å². The number of thiophene rings is 1. The molecule has 0 saturated heterocycles. The summed E-state index contributed by atoms with van der Waals surface area (Å²) in [6.45, 7) is 8.86. The number of rotatable bonds is 5. The summed E-state index contributed by atoms with van der Waals surface area (Å²) in [4.78, 5) is 32.4. The molecule has 29 heavy (non-hydrogen) atoms. The molecule has 0 amide bonds. The number of carbonyl (C=O) groups is 1. The molecule has 4 rings (SSSR count). The summed E-state index contributed by atoms with van der Waals surface area (Å²) in [5.74, 6) is 1.39. The summed E-state index contributed by atoms with van der Waals surface area (Å²) in [5.41, 5.74) is 1.51. The molecule has 0 radical (unpaired) electrons. The molecule has 2 aromatic heterocycles. The van der Waals surface area contributed by atoms with Crippen LogP contribution in [0.2, 0.25) is 0 Å². The van der Waals surface area contributed by atoms with Gasteiger partial charge >= 0.3 is 0 Å². The number of Topliss-reactive ketones (excluding diaryl/α,β-unsaturated/α-hetero) is 1. The van der Waals surface area contributed by atoms with Crippen LogP contribution in [-0.4, -0.2) is 34.3 Å². The van der Waals surface area contributed by atoms with Gasteiger partial charge in [-0.15, -0.1) is 11.3 Å². The topological polar surface area (TPSA) is 70.4 Å².